The Balaban J connectivity index is 1.60. The number of hydrogen-bond acceptors (Lipinski definition) is 4. The van der Waals surface area contributed by atoms with Gasteiger partial charge in [-0.05, 0) is 38.1 Å². The summed E-state index contributed by atoms with van der Waals surface area (Å²) < 4.78 is 8.94. The number of hydrogen-bond donors (Lipinski definition) is 1. The molecule has 26 heavy (non-hydrogen) atoms. The van der Waals surface area contributed by atoms with E-state index in [9.17, 15) is 4.79 Å². The number of amides is 1. The van der Waals surface area contributed by atoms with Gasteiger partial charge in [-0.15, -0.1) is 0 Å². The van der Waals surface area contributed by atoms with Crippen molar-refractivity contribution in [2.24, 2.45) is 7.05 Å². The van der Waals surface area contributed by atoms with Crippen molar-refractivity contribution in [3.05, 3.63) is 64.7 Å². The van der Waals surface area contributed by atoms with Crippen molar-refractivity contribution in [2.75, 3.05) is 0 Å². The number of ether oxygens (including phenoxy) is 1. The molecule has 1 amide bonds. The first-order chi connectivity index (χ1) is 12.4. The molecule has 2 aromatic heterocycles. The second-order valence-electron chi connectivity index (χ2n) is 5.98. The lowest BCUT2D eigenvalue weighted by atomic mass is 10.1. The van der Waals surface area contributed by atoms with E-state index >= 15 is 0 Å². The molecule has 0 fully saturated rings. The smallest absolute Gasteiger partial charge is 0.272 e. The summed E-state index contributed by atoms with van der Waals surface area (Å²) in [5, 5.41) is 12.0. The highest BCUT2D eigenvalue weighted by Gasteiger charge is 2.17. The Hall–Kier alpha value is -2.80. The minimum absolute atomic E-state index is 0.163. The predicted molar refractivity (Wildman–Crippen MR) is 98.1 cm³/mol. The van der Waals surface area contributed by atoms with Crippen molar-refractivity contribution >= 4 is 17.5 Å². The molecular weight excluding hydrogens is 354 g/mol. The Morgan fingerprint density at radius 3 is 2.88 bits per heavy atom. The molecule has 3 rings (SSSR count). The Labute approximate surface area is 156 Å². The van der Waals surface area contributed by atoms with Crippen LogP contribution in [0.3, 0.4) is 0 Å². The first-order valence-corrected chi connectivity index (χ1v) is 8.53. The molecule has 2 heterocycles. The lowest BCUT2D eigenvalue weighted by molar-refractivity contribution is 0.0932. The molecule has 0 aliphatic heterocycles. The largest absolute Gasteiger partial charge is 0.471 e. The summed E-state index contributed by atoms with van der Waals surface area (Å²) in [6, 6.07) is 8.60. The van der Waals surface area contributed by atoms with Gasteiger partial charge in [0.2, 0.25) is 0 Å². The van der Waals surface area contributed by atoms with E-state index in [4.69, 9.17) is 16.3 Å². The van der Waals surface area contributed by atoms with E-state index in [2.05, 4.69) is 15.5 Å². The van der Waals surface area contributed by atoms with E-state index in [-0.39, 0.29) is 18.7 Å². The zero-order valence-electron chi connectivity index (χ0n) is 14.8. The second-order valence-corrected chi connectivity index (χ2v) is 6.41. The average molecular weight is 374 g/mol. The summed E-state index contributed by atoms with van der Waals surface area (Å²) in [7, 11) is 1.87. The highest BCUT2D eigenvalue weighted by Crippen LogP contribution is 2.18. The molecule has 0 spiro atoms. The molecule has 0 bridgehead atoms. The number of rotatable bonds is 6. The topological polar surface area (TPSA) is 74.0 Å². The molecule has 0 saturated carbocycles. The summed E-state index contributed by atoms with van der Waals surface area (Å²) in [5.41, 5.74) is 2.32. The fraction of sp³-hybridized carbons (Fsp3) is 0.278. The first-order valence-electron chi connectivity index (χ1n) is 8.15. The molecule has 3 aromatic rings. The predicted octanol–water partition coefficient (Wildman–Crippen LogP) is 3.11. The van der Waals surface area contributed by atoms with Gasteiger partial charge in [-0.3, -0.25) is 9.48 Å². The molecule has 1 aromatic carbocycles. The molecular formula is C18H20ClN5O2. The van der Waals surface area contributed by atoms with Gasteiger partial charge in [0.25, 0.3) is 5.91 Å². The van der Waals surface area contributed by atoms with Crippen LogP contribution in [0.4, 0.5) is 0 Å². The van der Waals surface area contributed by atoms with Crippen LogP contribution in [0.15, 0.2) is 42.7 Å². The number of halogens is 1. The van der Waals surface area contributed by atoms with E-state index in [0.717, 1.165) is 11.3 Å². The van der Waals surface area contributed by atoms with Crippen molar-refractivity contribution < 1.29 is 9.53 Å². The first kappa shape index (κ1) is 18.0. The third kappa shape index (κ3) is 4.05. The normalized spacial score (nSPS) is 12.0. The van der Waals surface area contributed by atoms with Crippen LogP contribution in [-0.2, 0) is 13.8 Å². The van der Waals surface area contributed by atoms with E-state index in [1.807, 2.05) is 20.9 Å². The molecule has 0 saturated heterocycles. The summed E-state index contributed by atoms with van der Waals surface area (Å²) in [4.78, 5) is 12.4. The van der Waals surface area contributed by atoms with Crippen LogP contribution < -0.4 is 10.1 Å². The maximum Gasteiger partial charge on any atom is 0.272 e. The third-order valence-electron chi connectivity index (χ3n) is 4.12. The molecule has 1 unspecified atom stereocenters. The Kier molecular flexibility index (Phi) is 5.27. The van der Waals surface area contributed by atoms with Crippen molar-refractivity contribution in [3.8, 4) is 5.75 Å². The Bertz CT molecular complexity index is 918. The van der Waals surface area contributed by atoms with Crippen molar-refractivity contribution in [2.45, 2.75) is 26.6 Å². The highest BCUT2D eigenvalue weighted by molar-refractivity contribution is 6.30. The fourth-order valence-corrected chi connectivity index (χ4v) is 2.72. The van der Waals surface area contributed by atoms with E-state index in [1.54, 1.807) is 52.1 Å². The molecule has 1 atom stereocenters. The maximum absolute atomic E-state index is 12.4. The molecule has 136 valence electrons. The lowest BCUT2D eigenvalue weighted by Crippen LogP contribution is -2.27. The van der Waals surface area contributed by atoms with Gasteiger partial charge in [0.15, 0.2) is 6.73 Å². The number of carbonyl (C=O) groups is 1. The number of nitrogens with zero attached hydrogens (tertiary/aromatic N) is 4. The molecule has 7 nitrogen and oxygen atoms in total. The van der Waals surface area contributed by atoms with Gasteiger partial charge in [0.1, 0.15) is 11.4 Å². The van der Waals surface area contributed by atoms with E-state index in [0.29, 0.717) is 16.5 Å². The summed E-state index contributed by atoms with van der Waals surface area (Å²) in [6.07, 6.45) is 3.46. The summed E-state index contributed by atoms with van der Waals surface area (Å²) in [6.45, 7) is 4.07. The zero-order valence-corrected chi connectivity index (χ0v) is 15.6. The number of nitrogens with one attached hydrogen (secondary N) is 1. The summed E-state index contributed by atoms with van der Waals surface area (Å²) >= 11 is 5.92. The zero-order chi connectivity index (χ0) is 18.7. The van der Waals surface area contributed by atoms with Crippen molar-refractivity contribution in [1.82, 2.24) is 24.9 Å². The van der Waals surface area contributed by atoms with Crippen molar-refractivity contribution in [1.29, 1.82) is 0 Å². The van der Waals surface area contributed by atoms with Gasteiger partial charge in [-0.25, -0.2) is 4.68 Å². The standard InChI is InChI=1S/C18H20ClN5O2/c1-12(16-10-20-23(3)13(16)2)21-18(25)17-7-8-24(22-17)11-26-15-6-4-5-14(19)9-15/h4-10,12H,11H2,1-3H3,(H,21,25). The summed E-state index contributed by atoms with van der Waals surface area (Å²) in [5.74, 6) is 0.391. The van der Waals surface area contributed by atoms with Crippen LogP contribution in [0.5, 0.6) is 5.75 Å². The molecule has 0 aliphatic rings. The number of benzene rings is 1. The van der Waals surface area contributed by atoms with E-state index in [1.165, 1.54) is 0 Å². The van der Waals surface area contributed by atoms with Gasteiger partial charge in [0, 0.05) is 29.5 Å². The van der Waals surface area contributed by atoms with Gasteiger partial charge >= 0.3 is 0 Å². The minimum atomic E-state index is -0.248. The monoisotopic (exact) mass is 373 g/mol. The minimum Gasteiger partial charge on any atom is -0.471 e. The number of carbonyl (C=O) groups excluding carboxylic acids is 1. The van der Waals surface area contributed by atoms with Gasteiger partial charge in [-0.1, -0.05) is 17.7 Å². The van der Waals surface area contributed by atoms with Crippen LogP contribution in [0.2, 0.25) is 5.02 Å². The fourth-order valence-electron chi connectivity index (χ4n) is 2.54. The van der Waals surface area contributed by atoms with Crippen LogP contribution in [0.25, 0.3) is 0 Å². The van der Waals surface area contributed by atoms with Crippen LogP contribution >= 0.6 is 11.6 Å². The van der Waals surface area contributed by atoms with Gasteiger partial charge in [0.05, 0.1) is 12.2 Å². The molecule has 1 N–H and O–H groups in total. The van der Waals surface area contributed by atoms with Gasteiger partial charge in [-0.2, -0.15) is 10.2 Å². The SMILES string of the molecule is Cc1c(C(C)NC(=O)c2ccn(COc3cccc(Cl)c3)n2)cnn1C. The lowest BCUT2D eigenvalue weighted by Gasteiger charge is -2.12. The highest BCUT2D eigenvalue weighted by atomic mass is 35.5. The molecule has 0 radical (unpaired) electrons. The van der Waals surface area contributed by atoms with Crippen LogP contribution in [-0.4, -0.2) is 25.5 Å². The molecule has 0 aliphatic carbocycles. The van der Waals surface area contributed by atoms with Crippen LogP contribution in [0, 0.1) is 6.92 Å². The quantitative estimate of drug-likeness (QED) is 0.720. The average Bonchev–Trinajstić information content (AvgIpc) is 3.21. The van der Waals surface area contributed by atoms with Crippen molar-refractivity contribution in [3.63, 3.8) is 0 Å². The molecule has 8 heteroatoms. The van der Waals surface area contributed by atoms with E-state index < -0.39 is 0 Å². The van der Waals surface area contributed by atoms with Gasteiger partial charge < -0.3 is 10.1 Å². The number of aryl methyl sites for hydroxylation is 1. The number of aromatic nitrogens is 4. The maximum atomic E-state index is 12.4. The second kappa shape index (κ2) is 7.61. The third-order valence-corrected chi connectivity index (χ3v) is 4.36. The van der Waals surface area contributed by atoms with Crippen LogP contribution in [0.1, 0.15) is 34.7 Å². The Morgan fingerprint density at radius 1 is 1.38 bits per heavy atom. The Morgan fingerprint density at radius 2 is 2.19 bits per heavy atom.